The summed E-state index contributed by atoms with van der Waals surface area (Å²) in [5.74, 6) is 3.93. The van der Waals surface area contributed by atoms with Crippen LogP contribution in [0.1, 0.15) is 145 Å². The molecular weight excluding hydrogens is 877 g/mol. The van der Waals surface area contributed by atoms with Crippen LogP contribution in [0.3, 0.4) is 0 Å². The van der Waals surface area contributed by atoms with Crippen molar-refractivity contribution < 1.29 is 15.3 Å². The van der Waals surface area contributed by atoms with Crippen LogP contribution in [0.4, 0.5) is 0 Å². The molecule has 0 atom stereocenters. The molecule has 382 valence electrons. The predicted molar refractivity (Wildman–Crippen MR) is 311 cm³/mol. The van der Waals surface area contributed by atoms with E-state index in [1.165, 1.54) is 70.4 Å². The van der Waals surface area contributed by atoms with Gasteiger partial charge in [-0.15, -0.1) is 0 Å². The molecule has 0 aliphatic rings. The van der Waals surface area contributed by atoms with Crippen molar-refractivity contribution >= 4 is 29.4 Å². The minimum atomic E-state index is -1.44. The van der Waals surface area contributed by atoms with E-state index in [0.29, 0.717) is 40.9 Å². The molecule has 0 aliphatic carbocycles. The van der Waals surface area contributed by atoms with Gasteiger partial charge in [0.15, 0.2) is 0 Å². The van der Waals surface area contributed by atoms with Crippen molar-refractivity contribution in [2.45, 2.75) is 223 Å². The van der Waals surface area contributed by atoms with Gasteiger partial charge < -0.3 is 15.3 Å². The van der Waals surface area contributed by atoms with Crippen molar-refractivity contribution in [2.24, 2.45) is 23.7 Å². The van der Waals surface area contributed by atoms with E-state index in [-0.39, 0.29) is 0 Å². The van der Waals surface area contributed by atoms with Crippen LogP contribution in [0.25, 0.3) is 0 Å². The number of hydrogen-bond acceptors (Lipinski definition) is 3. The van der Waals surface area contributed by atoms with Gasteiger partial charge in [-0.1, -0.05) is 218 Å². The highest BCUT2D eigenvalue weighted by molar-refractivity contribution is 6.89. The summed E-state index contributed by atoms with van der Waals surface area (Å²) in [6.07, 6.45) is 14.0. The van der Waals surface area contributed by atoms with Gasteiger partial charge in [-0.05, 0) is 150 Å². The molecule has 0 bridgehead atoms. The van der Waals surface area contributed by atoms with Crippen molar-refractivity contribution in [3.8, 4) is 17.2 Å². The Labute approximate surface area is 423 Å². The Morgan fingerprint density at radius 2 is 0.662 bits per heavy atom. The molecule has 0 saturated carbocycles. The van der Waals surface area contributed by atoms with E-state index < -0.39 is 24.2 Å². The summed E-state index contributed by atoms with van der Waals surface area (Å²) in [5, 5.41) is 33.3. The van der Waals surface area contributed by atoms with Gasteiger partial charge in [-0.25, -0.2) is 0 Å². The molecule has 4 rings (SSSR count). The van der Waals surface area contributed by atoms with E-state index in [2.05, 4.69) is 188 Å². The zero-order valence-electron chi connectivity index (χ0n) is 47.3. The van der Waals surface area contributed by atoms with Gasteiger partial charge in [-0.2, -0.15) is 0 Å². The maximum absolute atomic E-state index is 10.7. The smallest absolute Gasteiger partial charge is 0.121 e. The molecule has 0 aromatic heterocycles. The fourth-order valence-electron chi connectivity index (χ4n) is 8.96. The quantitative estimate of drug-likeness (QED) is 0.0613. The summed E-state index contributed by atoms with van der Waals surface area (Å²) in [7, 11) is -3.45. The molecule has 0 heterocycles. The fourth-order valence-corrected chi connectivity index (χ4v) is 13.3. The van der Waals surface area contributed by atoms with Crippen molar-refractivity contribution in [1.82, 2.24) is 0 Å². The normalized spacial score (nSPS) is 12.1. The Balaban J connectivity index is 0.000000353. The van der Waals surface area contributed by atoms with Crippen LogP contribution < -0.4 is 5.19 Å². The van der Waals surface area contributed by atoms with Crippen molar-refractivity contribution in [1.29, 1.82) is 0 Å². The average molecular weight is 982 g/mol. The number of rotatable bonds is 24. The Kier molecular flexibility index (Phi) is 26.3. The molecule has 0 saturated heterocycles. The minimum Gasteiger partial charge on any atom is -0.507 e. The van der Waals surface area contributed by atoms with Gasteiger partial charge in [0.1, 0.15) is 17.2 Å². The molecule has 0 unspecified atom stereocenters. The number of hydrogen-bond donors (Lipinski definition) is 3. The molecule has 0 radical (unpaired) electrons. The molecule has 68 heavy (non-hydrogen) atoms. The van der Waals surface area contributed by atoms with Crippen LogP contribution in [0.5, 0.6) is 17.2 Å². The van der Waals surface area contributed by atoms with E-state index in [9.17, 15) is 15.3 Å². The highest BCUT2D eigenvalue weighted by Crippen LogP contribution is 2.33. The first kappa shape index (κ1) is 61.1. The number of benzene rings is 4. The molecule has 0 spiro atoms. The third kappa shape index (κ3) is 23.7. The van der Waals surface area contributed by atoms with E-state index in [1.807, 2.05) is 0 Å². The molecule has 6 heteroatoms. The molecule has 0 aliphatic heterocycles. The highest BCUT2D eigenvalue weighted by Gasteiger charge is 2.24. The van der Waals surface area contributed by atoms with Crippen molar-refractivity contribution in [3.05, 3.63) is 117 Å². The lowest BCUT2D eigenvalue weighted by atomic mass is 9.92. The first-order chi connectivity index (χ1) is 31.6. The van der Waals surface area contributed by atoms with Gasteiger partial charge in [-0.3, -0.25) is 0 Å². The summed E-state index contributed by atoms with van der Waals surface area (Å²) in [5.41, 5.74) is 11.2. The highest BCUT2D eigenvalue weighted by atomic mass is 28.3. The van der Waals surface area contributed by atoms with Crippen LogP contribution in [0, 0.1) is 23.7 Å². The monoisotopic (exact) mass is 981 g/mol. The summed E-state index contributed by atoms with van der Waals surface area (Å²) in [4.78, 5) is 0. The predicted octanol–water partition coefficient (Wildman–Crippen LogP) is 17.6. The minimum absolute atomic E-state index is 0.538. The Bertz CT molecular complexity index is 1960. The third-order valence-corrected chi connectivity index (χ3v) is 19.9. The van der Waals surface area contributed by atoms with E-state index in [1.54, 1.807) is 0 Å². The second-order valence-corrected chi connectivity index (χ2v) is 41.3. The Morgan fingerprint density at radius 3 is 0.941 bits per heavy atom. The number of aryl methyl sites for hydroxylation is 5. The second-order valence-electron chi connectivity index (χ2n) is 25.3. The van der Waals surface area contributed by atoms with Crippen LogP contribution in [-0.2, 0) is 57.8 Å². The Hall–Kier alpha value is -3.07. The van der Waals surface area contributed by atoms with Gasteiger partial charge in [0.05, 0.1) is 8.07 Å². The lowest BCUT2D eigenvalue weighted by Gasteiger charge is -2.23. The van der Waals surface area contributed by atoms with Gasteiger partial charge in [0.2, 0.25) is 0 Å². The zero-order valence-corrected chi connectivity index (χ0v) is 50.3. The van der Waals surface area contributed by atoms with E-state index in [0.717, 1.165) is 86.5 Å². The van der Waals surface area contributed by atoms with Crippen LogP contribution in [-0.4, -0.2) is 39.5 Å². The number of phenolic OH excluding ortho intramolecular Hbond substituents is 3. The summed E-state index contributed by atoms with van der Waals surface area (Å²) < 4.78 is 0. The second kappa shape index (κ2) is 29.3. The van der Waals surface area contributed by atoms with Gasteiger partial charge in [0.25, 0.3) is 0 Å². The Morgan fingerprint density at radius 1 is 0.382 bits per heavy atom. The molecule has 3 N–H and O–H groups in total. The molecule has 0 amide bonds. The first-order valence-corrected chi connectivity index (χ1v) is 37.8. The molecule has 4 aromatic carbocycles. The molecular formula is C62H104O3Si3. The standard InChI is InChI=1S/C24H36OSi.2C19H34OSi/c1-18(2)14-21-16-20(17-22(24(21)25)15-19(3)4)12-13-26(5,6)23-10-8-7-9-11-23;1-14(2)10-17-12-16(8-9-21(5,6)7)13-18(19(17)20)11-15(3)4;1-6-8-10-17-14-16(12-13-21(3,4)5)15-18(19(17)20)11-9-7-2/h7-11,16-19,25H,12-15H2,1-6H3;12-15,20H,8-11H2,1-7H3;14-15,20H,6-13H2,1-5H3. The summed E-state index contributed by atoms with van der Waals surface area (Å²) in [6.45, 7) is 41.7. The third-order valence-electron chi connectivity index (χ3n) is 13.0. The topological polar surface area (TPSA) is 60.7 Å². The van der Waals surface area contributed by atoms with Crippen LogP contribution in [0.2, 0.25) is 70.5 Å². The maximum Gasteiger partial charge on any atom is 0.121 e. The lowest BCUT2D eigenvalue weighted by Crippen LogP contribution is -2.41. The number of unbranched alkanes of at least 4 members (excludes halogenated alkanes) is 2. The van der Waals surface area contributed by atoms with Crippen LogP contribution >= 0.6 is 0 Å². The van der Waals surface area contributed by atoms with Crippen molar-refractivity contribution in [3.63, 3.8) is 0 Å². The number of aromatic hydroxyl groups is 3. The SMILES string of the molecule is CC(C)Cc1cc(CC[Si](C)(C)C)cc(CC(C)C)c1O.CC(C)Cc1cc(CC[Si](C)(C)c2ccccc2)cc(CC(C)C)c1O.CCCCc1cc(CC[Si](C)(C)C)cc(CCCC)c1O. The lowest BCUT2D eigenvalue weighted by molar-refractivity contribution is 0.449. The van der Waals surface area contributed by atoms with E-state index >= 15 is 0 Å². The maximum atomic E-state index is 10.7. The van der Waals surface area contributed by atoms with Crippen LogP contribution in [0.15, 0.2) is 66.7 Å². The zero-order chi connectivity index (χ0) is 51.4. The first-order valence-electron chi connectivity index (χ1n) is 27.2. The van der Waals surface area contributed by atoms with Crippen molar-refractivity contribution in [2.75, 3.05) is 0 Å². The molecule has 4 aromatic rings. The largest absolute Gasteiger partial charge is 0.507 e. The number of phenols is 3. The summed E-state index contributed by atoms with van der Waals surface area (Å²) >= 11 is 0. The summed E-state index contributed by atoms with van der Waals surface area (Å²) in [6, 6.07) is 28.4. The average Bonchev–Trinajstić information content (AvgIpc) is 3.23. The van der Waals surface area contributed by atoms with Gasteiger partial charge in [0, 0.05) is 16.1 Å². The molecule has 3 nitrogen and oxygen atoms in total. The van der Waals surface area contributed by atoms with E-state index in [4.69, 9.17) is 0 Å². The van der Waals surface area contributed by atoms with Gasteiger partial charge >= 0.3 is 0 Å². The fraction of sp³-hybridized carbons (Fsp3) is 0.613. The molecule has 0 fully saturated rings.